The molecule has 0 amide bonds. The van der Waals surface area contributed by atoms with Crippen LogP contribution in [0.2, 0.25) is 0 Å². The number of rotatable bonds is 3. The molecule has 0 radical (unpaired) electrons. The summed E-state index contributed by atoms with van der Waals surface area (Å²) in [5.41, 5.74) is 9.04. The van der Waals surface area contributed by atoms with Crippen LogP contribution in [0, 0.1) is 0 Å². The third-order valence-corrected chi connectivity index (χ3v) is 3.47. The minimum Gasteiger partial charge on any atom is -0.469 e. The van der Waals surface area contributed by atoms with E-state index in [0.29, 0.717) is 12.5 Å². The number of fused-ring (bicyclic) bond motifs is 3. The fourth-order valence-corrected chi connectivity index (χ4v) is 2.44. The number of aryl methyl sites for hydroxylation is 2. The first-order chi connectivity index (χ1) is 8.29. The lowest BCUT2D eigenvalue weighted by molar-refractivity contribution is 0.506. The maximum atomic E-state index is 5.59. The number of hydrogen-bond acceptors (Lipinski definition) is 3. The van der Waals surface area contributed by atoms with Crippen molar-refractivity contribution in [3.63, 3.8) is 0 Å². The summed E-state index contributed by atoms with van der Waals surface area (Å²) in [5, 5.41) is 0. The largest absolute Gasteiger partial charge is 0.469 e. The van der Waals surface area contributed by atoms with Crippen molar-refractivity contribution >= 4 is 0 Å². The zero-order chi connectivity index (χ0) is 11.8. The van der Waals surface area contributed by atoms with Gasteiger partial charge in [-0.3, -0.25) is 0 Å². The number of nitrogens with zero attached hydrogens (tertiary/aromatic N) is 1. The minimum atomic E-state index is 0.390. The van der Waals surface area contributed by atoms with Gasteiger partial charge in [0, 0.05) is 23.6 Å². The van der Waals surface area contributed by atoms with E-state index in [0.717, 1.165) is 42.1 Å². The summed E-state index contributed by atoms with van der Waals surface area (Å²) in [4.78, 5) is 8.15. The van der Waals surface area contributed by atoms with Gasteiger partial charge in [0.05, 0.1) is 12.0 Å². The van der Waals surface area contributed by atoms with Crippen LogP contribution in [-0.4, -0.2) is 16.5 Å². The maximum Gasteiger partial charge on any atom is 0.113 e. The number of aromatic amines is 1. The van der Waals surface area contributed by atoms with Crippen molar-refractivity contribution in [1.29, 1.82) is 0 Å². The molecule has 0 aromatic carbocycles. The van der Waals surface area contributed by atoms with Crippen molar-refractivity contribution in [2.45, 2.75) is 32.1 Å². The fourth-order valence-electron chi connectivity index (χ4n) is 2.44. The lowest BCUT2D eigenvalue weighted by atomic mass is 10.00. The van der Waals surface area contributed by atoms with Crippen LogP contribution in [0.4, 0.5) is 0 Å². The summed E-state index contributed by atoms with van der Waals surface area (Å²) >= 11 is 0. The molecule has 0 bridgehead atoms. The lowest BCUT2D eigenvalue weighted by Gasteiger charge is -2.08. The fraction of sp³-hybridized carbons (Fsp3) is 0.462. The molecule has 0 fully saturated rings. The summed E-state index contributed by atoms with van der Waals surface area (Å²) in [6.45, 7) is 2.86. The highest BCUT2D eigenvalue weighted by atomic mass is 16.3. The van der Waals surface area contributed by atoms with E-state index in [4.69, 9.17) is 15.1 Å². The first-order valence-electron chi connectivity index (χ1n) is 6.15. The van der Waals surface area contributed by atoms with E-state index in [1.807, 2.05) is 6.07 Å². The number of imidazole rings is 1. The molecule has 1 aliphatic rings. The molecule has 4 heteroatoms. The molecule has 0 aliphatic heterocycles. The van der Waals surface area contributed by atoms with E-state index in [1.165, 1.54) is 5.69 Å². The Kier molecular flexibility index (Phi) is 2.52. The second-order valence-corrected chi connectivity index (χ2v) is 4.69. The zero-order valence-corrected chi connectivity index (χ0v) is 9.99. The quantitative estimate of drug-likeness (QED) is 0.851. The average molecular weight is 231 g/mol. The Morgan fingerprint density at radius 3 is 3.24 bits per heavy atom. The van der Waals surface area contributed by atoms with E-state index >= 15 is 0 Å². The molecular formula is C13H17N3O. The van der Waals surface area contributed by atoms with E-state index in [1.54, 1.807) is 6.26 Å². The number of furan rings is 1. The van der Waals surface area contributed by atoms with Gasteiger partial charge in [0.1, 0.15) is 11.6 Å². The summed E-state index contributed by atoms with van der Waals surface area (Å²) in [5.74, 6) is 2.50. The molecule has 0 saturated carbocycles. The van der Waals surface area contributed by atoms with Crippen molar-refractivity contribution in [2.24, 2.45) is 5.73 Å². The summed E-state index contributed by atoms with van der Waals surface area (Å²) in [6.07, 6.45) is 4.66. The van der Waals surface area contributed by atoms with Crippen molar-refractivity contribution in [3.8, 4) is 11.3 Å². The molecule has 2 aromatic heterocycles. The Labute approximate surface area is 100 Å². The highest BCUT2D eigenvalue weighted by Crippen LogP contribution is 2.33. The maximum absolute atomic E-state index is 5.59. The third-order valence-electron chi connectivity index (χ3n) is 3.47. The molecule has 2 heterocycles. The summed E-state index contributed by atoms with van der Waals surface area (Å²) in [6, 6.07) is 2.01. The number of H-pyrrole nitrogens is 1. The van der Waals surface area contributed by atoms with E-state index in [2.05, 4.69) is 11.9 Å². The van der Waals surface area contributed by atoms with Gasteiger partial charge >= 0.3 is 0 Å². The number of hydrogen-bond donors (Lipinski definition) is 2. The SMILES string of the molecule is CC(CCN)c1nc2c([nH]1)CCc1occc1-2. The Bertz CT molecular complexity index is 527. The van der Waals surface area contributed by atoms with E-state index in [-0.39, 0.29) is 0 Å². The molecular weight excluding hydrogens is 214 g/mol. The van der Waals surface area contributed by atoms with Gasteiger partial charge in [-0.15, -0.1) is 0 Å². The second-order valence-electron chi connectivity index (χ2n) is 4.69. The molecule has 90 valence electrons. The molecule has 1 aliphatic carbocycles. The molecule has 2 aromatic rings. The molecule has 1 unspecified atom stereocenters. The lowest BCUT2D eigenvalue weighted by Crippen LogP contribution is -2.05. The Morgan fingerprint density at radius 2 is 2.41 bits per heavy atom. The minimum absolute atomic E-state index is 0.390. The van der Waals surface area contributed by atoms with Gasteiger partial charge in [-0.1, -0.05) is 6.92 Å². The third kappa shape index (κ3) is 1.69. The van der Waals surface area contributed by atoms with Crippen LogP contribution in [0.15, 0.2) is 16.7 Å². The van der Waals surface area contributed by atoms with Crippen molar-refractivity contribution in [2.75, 3.05) is 6.54 Å². The van der Waals surface area contributed by atoms with Gasteiger partial charge in [-0.2, -0.15) is 0 Å². The first-order valence-corrected chi connectivity index (χ1v) is 6.15. The standard InChI is InChI=1S/C13H17N3O/c1-8(4-6-14)13-15-10-2-3-11-9(5-7-17-11)12(10)16-13/h5,7-8H,2-4,6,14H2,1H3,(H,15,16). The van der Waals surface area contributed by atoms with Gasteiger partial charge < -0.3 is 15.1 Å². The highest BCUT2D eigenvalue weighted by molar-refractivity contribution is 5.66. The molecule has 1 atom stereocenters. The zero-order valence-electron chi connectivity index (χ0n) is 9.99. The number of nitrogens with two attached hydrogens (primary N) is 1. The van der Waals surface area contributed by atoms with Crippen LogP contribution in [0.5, 0.6) is 0 Å². The topological polar surface area (TPSA) is 67.8 Å². The Balaban J connectivity index is 1.99. The highest BCUT2D eigenvalue weighted by Gasteiger charge is 2.23. The summed E-state index contributed by atoms with van der Waals surface area (Å²) < 4.78 is 5.46. The van der Waals surface area contributed by atoms with Crippen LogP contribution in [0.25, 0.3) is 11.3 Å². The average Bonchev–Trinajstić information content (AvgIpc) is 2.94. The normalized spacial score (nSPS) is 15.4. The monoisotopic (exact) mass is 231 g/mol. The van der Waals surface area contributed by atoms with Gasteiger partial charge in [0.25, 0.3) is 0 Å². The van der Waals surface area contributed by atoms with Gasteiger partial charge in [0.2, 0.25) is 0 Å². The van der Waals surface area contributed by atoms with Gasteiger partial charge in [-0.25, -0.2) is 4.98 Å². The van der Waals surface area contributed by atoms with Crippen LogP contribution < -0.4 is 5.73 Å². The predicted molar refractivity (Wildman–Crippen MR) is 65.8 cm³/mol. The van der Waals surface area contributed by atoms with Crippen LogP contribution in [0.1, 0.15) is 36.5 Å². The Morgan fingerprint density at radius 1 is 1.53 bits per heavy atom. The van der Waals surface area contributed by atoms with Crippen molar-refractivity contribution in [3.05, 3.63) is 29.6 Å². The number of nitrogens with one attached hydrogen (secondary N) is 1. The summed E-state index contributed by atoms with van der Waals surface area (Å²) in [7, 11) is 0. The molecule has 3 rings (SSSR count). The Hall–Kier alpha value is -1.55. The second kappa shape index (κ2) is 4.04. The molecule has 17 heavy (non-hydrogen) atoms. The van der Waals surface area contributed by atoms with Gasteiger partial charge in [-0.05, 0) is 25.5 Å². The number of aromatic nitrogens is 2. The smallest absolute Gasteiger partial charge is 0.113 e. The molecule has 3 N–H and O–H groups in total. The molecule has 0 saturated heterocycles. The van der Waals surface area contributed by atoms with Crippen LogP contribution >= 0.6 is 0 Å². The van der Waals surface area contributed by atoms with Crippen LogP contribution in [-0.2, 0) is 12.8 Å². The van der Waals surface area contributed by atoms with Crippen molar-refractivity contribution < 1.29 is 4.42 Å². The molecule has 4 nitrogen and oxygen atoms in total. The first kappa shape index (κ1) is 10.6. The van der Waals surface area contributed by atoms with E-state index in [9.17, 15) is 0 Å². The van der Waals surface area contributed by atoms with E-state index < -0.39 is 0 Å². The predicted octanol–water partition coefficient (Wildman–Crippen LogP) is 2.22. The van der Waals surface area contributed by atoms with Crippen LogP contribution in [0.3, 0.4) is 0 Å². The van der Waals surface area contributed by atoms with Crippen molar-refractivity contribution in [1.82, 2.24) is 9.97 Å². The molecule has 0 spiro atoms. The van der Waals surface area contributed by atoms with Gasteiger partial charge in [0.15, 0.2) is 0 Å².